The van der Waals surface area contributed by atoms with E-state index < -0.39 is 0 Å². The Morgan fingerprint density at radius 2 is 1.93 bits per heavy atom. The fraction of sp³-hybridized carbons (Fsp3) is 0.917. The summed E-state index contributed by atoms with van der Waals surface area (Å²) >= 11 is 0. The van der Waals surface area contributed by atoms with E-state index in [0.717, 1.165) is 12.5 Å². The highest BCUT2D eigenvalue weighted by Crippen LogP contribution is 2.17. The SMILES string of the molecule is CC1CCCCCN1C(N)=NC(C)(C)C. The molecule has 0 aromatic rings. The molecule has 0 amide bonds. The summed E-state index contributed by atoms with van der Waals surface area (Å²) in [6.07, 6.45) is 5.12. The lowest BCUT2D eigenvalue weighted by Gasteiger charge is -2.29. The van der Waals surface area contributed by atoms with E-state index >= 15 is 0 Å². The van der Waals surface area contributed by atoms with Crippen molar-refractivity contribution in [3.05, 3.63) is 0 Å². The van der Waals surface area contributed by atoms with Crippen LogP contribution in [0.25, 0.3) is 0 Å². The zero-order valence-corrected chi connectivity index (χ0v) is 10.6. The molecule has 0 bridgehead atoms. The first-order valence-electron chi connectivity index (χ1n) is 6.02. The molecule has 15 heavy (non-hydrogen) atoms. The average Bonchev–Trinajstić information content (AvgIpc) is 2.26. The first-order chi connectivity index (χ1) is 6.90. The van der Waals surface area contributed by atoms with Gasteiger partial charge in [0.25, 0.3) is 0 Å². The van der Waals surface area contributed by atoms with E-state index in [-0.39, 0.29) is 5.54 Å². The molecule has 88 valence electrons. The molecule has 0 spiro atoms. The molecule has 0 aromatic heterocycles. The summed E-state index contributed by atoms with van der Waals surface area (Å²) in [6.45, 7) is 9.57. The van der Waals surface area contributed by atoms with Crippen molar-refractivity contribution in [3.8, 4) is 0 Å². The summed E-state index contributed by atoms with van der Waals surface area (Å²) in [5.74, 6) is 0.719. The lowest BCUT2D eigenvalue weighted by molar-refractivity contribution is 0.328. The zero-order valence-electron chi connectivity index (χ0n) is 10.6. The van der Waals surface area contributed by atoms with Gasteiger partial charge in [-0.1, -0.05) is 12.8 Å². The molecule has 3 heteroatoms. The Hall–Kier alpha value is -0.730. The molecule has 0 radical (unpaired) electrons. The van der Waals surface area contributed by atoms with E-state index in [4.69, 9.17) is 5.73 Å². The molecular weight excluding hydrogens is 186 g/mol. The molecule has 2 N–H and O–H groups in total. The van der Waals surface area contributed by atoms with Crippen molar-refractivity contribution in [2.24, 2.45) is 10.7 Å². The molecule has 1 aliphatic heterocycles. The molecule has 1 unspecified atom stereocenters. The van der Waals surface area contributed by atoms with Crippen molar-refractivity contribution in [1.29, 1.82) is 0 Å². The quantitative estimate of drug-likeness (QED) is 0.493. The Morgan fingerprint density at radius 3 is 2.53 bits per heavy atom. The van der Waals surface area contributed by atoms with Crippen LogP contribution in [0, 0.1) is 0 Å². The lowest BCUT2D eigenvalue weighted by atomic mass is 10.1. The predicted octanol–water partition coefficient (Wildman–Crippen LogP) is 2.36. The molecule has 0 aliphatic carbocycles. The van der Waals surface area contributed by atoms with Gasteiger partial charge in [0.15, 0.2) is 5.96 Å². The summed E-state index contributed by atoms with van der Waals surface area (Å²) in [6, 6.07) is 0.540. The fourth-order valence-corrected chi connectivity index (χ4v) is 2.02. The summed E-state index contributed by atoms with van der Waals surface area (Å²) in [5, 5.41) is 0. The van der Waals surface area contributed by atoms with E-state index in [1.807, 2.05) is 0 Å². The third-order valence-electron chi connectivity index (χ3n) is 2.80. The molecule has 3 nitrogen and oxygen atoms in total. The maximum Gasteiger partial charge on any atom is 0.192 e. The van der Waals surface area contributed by atoms with Crippen LogP contribution in [-0.2, 0) is 0 Å². The lowest BCUT2D eigenvalue weighted by Crippen LogP contribution is -2.44. The molecule has 1 aliphatic rings. The molecule has 1 fully saturated rings. The van der Waals surface area contributed by atoms with Gasteiger partial charge in [-0.05, 0) is 40.5 Å². The van der Waals surface area contributed by atoms with E-state index in [1.165, 1.54) is 25.7 Å². The van der Waals surface area contributed by atoms with Gasteiger partial charge in [-0.25, -0.2) is 4.99 Å². The van der Waals surface area contributed by atoms with Crippen LogP contribution in [0.4, 0.5) is 0 Å². The molecular formula is C12H25N3. The van der Waals surface area contributed by atoms with Gasteiger partial charge in [-0.15, -0.1) is 0 Å². The van der Waals surface area contributed by atoms with Crippen molar-refractivity contribution in [3.63, 3.8) is 0 Å². The molecule has 0 saturated carbocycles. The molecule has 1 rings (SSSR count). The number of rotatable bonds is 0. The monoisotopic (exact) mass is 211 g/mol. The van der Waals surface area contributed by atoms with Crippen molar-refractivity contribution < 1.29 is 0 Å². The van der Waals surface area contributed by atoms with E-state index in [9.17, 15) is 0 Å². The number of likely N-dealkylation sites (tertiary alicyclic amines) is 1. The van der Waals surface area contributed by atoms with Gasteiger partial charge in [0.2, 0.25) is 0 Å². The second kappa shape index (κ2) is 4.86. The third-order valence-corrected chi connectivity index (χ3v) is 2.80. The molecule has 0 aromatic carbocycles. The zero-order chi connectivity index (χ0) is 11.5. The van der Waals surface area contributed by atoms with Gasteiger partial charge in [0.05, 0.1) is 5.54 Å². The van der Waals surface area contributed by atoms with Crippen molar-refractivity contribution in [2.45, 2.75) is 65.0 Å². The minimum Gasteiger partial charge on any atom is -0.370 e. The third kappa shape index (κ3) is 4.10. The standard InChI is InChI=1S/C12H25N3/c1-10-8-6-5-7-9-15(10)11(13)14-12(2,3)4/h10H,5-9H2,1-4H3,(H2,13,14). The smallest absolute Gasteiger partial charge is 0.192 e. The summed E-state index contributed by atoms with van der Waals surface area (Å²) < 4.78 is 0. The normalized spacial score (nSPS) is 25.2. The largest absolute Gasteiger partial charge is 0.370 e. The first-order valence-corrected chi connectivity index (χ1v) is 6.02. The van der Waals surface area contributed by atoms with Gasteiger partial charge in [-0.2, -0.15) is 0 Å². The van der Waals surface area contributed by atoms with Gasteiger partial charge >= 0.3 is 0 Å². The van der Waals surface area contributed by atoms with Crippen LogP contribution in [0.15, 0.2) is 4.99 Å². The van der Waals surface area contributed by atoms with Gasteiger partial charge in [-0.3, -0.25) is 0 Å². The number of hydrogen-bond acceptors (Lipinski definition) is 1. The highest BCUT2D eigenvalue weighted by atomic mass is 15.3. The Kier molecular flexibility index (Phi) is 4.00. The minimum atomic E-state index is -0.0733. The van der Waals surface area contributed by atoms with Crippen LogP contribution in [-0.4, -0.2) is 29.0 Å². The number of guanidine groups is 1. The number of nitrogens with two attached hydrogens (primary N) is 1. The van der Waals surface area contributed by atoms with Crippen molar-refractivity contribution >= 4 is 5.96 Å². The molecule has 1 saturated heterocycles. The van der Waals surface area contributed by atoms with Gasteiger partial charge in [0, 0.05) is 12.6 Å². The Bertz CT molecular complexity index is 228. The molecule has 1 heterocycles. The van der Waals surface area contributed by atoms with E-state index in [0.29, 0.717) is 6.04 Å². The number of aliphatic imine (C=N–C) groups is 1. The Labute approximate surface area is 93.7 Å². The summed E-state index contributed by atoms with van der Waals surface area (Å²) in [5.41, 5.74) is 6.00. The summed E-state index contributed by atoms with van der Waals surface area (Å²) in [7, 11) is 0. The van der Waals surface area contributed by atoms with Crippen molar-refractivity contribution in [1.82, 2.24) is 4.90 Å². The minimum absolute atomic E-state index is 0.0733. The van der Waals surface area contributed by atoms with Crippen LogP contribution in [0.3, 0.4) is 0 Å². The predicted molar refractivity (Wildman–Crippen MR) is 66.0 cm³/mol. The second-order valence-electron chi connectivity index (χ2n) is 5.53. The molecule has 1 atom stereocenters. The number of hydrogen-bond donors (Lipinski definition) is 1. The summed E-state index contributed by atoms with van der Waals surface area (Å²) in [4.78, 5) is 6.81. The van der Waals surface area contributed by atoms with E-state index in [2.05, 4.69) is 37.6 Å². The fourth-order valence-electron chi connectivity index (χ4n) is 2.02. The second-order valence-corrected chi connectivity index (χ2v) is 5.53. The topological polar surface area (TPSA) is 41.6 Å². The Balaban J connectivity index is 2.71. The Morgan fingerprint density at radius 1 is 1.27 bits per heavy atom. The first kappa shape index (κ1) is 12.3. The van der Waals surface area contributed by atoms with Crippen LogP contribution in [0.1, 0.15) is 53.4 Å². The van der Waals surface area contributed by atoms with Crippen LogP contribution in [0.2, 0.25) is 0 Å². The number of nitrogens with zero attached hydrogens (tertiary/aromatic N) is 2. The van der Waals surface area contributed by atoms with Crippen LogP contribution < -0.4 is 5.73 Å². The highest BCUT2D eigenvalue weighted by molar-refractivity contribution is 5.78. The van der Waals surface area contributed by atoms with Crippen LogP contribution >= 0.6 is 0 Å². The maximum absolute atomic E-state index is 6.07. The maximum atomic E-state index is 6.07. The van der Waals surface area contributed by atoms with Gasteiger partial charge < -0.3 is 10.6 Å². The highest BCUT2D eigenvalue weighted by Gasteiger charge is 2.20. The van der Waals surface area contributed by atoms with E-state index in [1.54, 1.807) is 0 Å². The van der Waals surface area contributed by atoms with Crippen LogP contribution in [0.5, 0.6) is 0 Å². The average molecular weight is 211 g/mol. The van der Waals surface area contributed by atoms with Gasteiger partial charge in [0.1, 0.15) is 0 Å². The van der Waals surface area contributed by atoms with Crippen molar-refractivity contribution in [2.75, 3.05) is 6.54 Å².